The summed E-state index contributed by atoms with van der Waals surface area (Å²) in [6.45, 7) is 2.26. The van der Waals surface area contributed by atoms with Crippen LogP contribution in [0.25, 0.3) is 16.7 Å². The van der Waals surface area contributed by atoms with Crippen LogP contribution in [0.4, 0.5) is 0 Å². The van der Waals surface area contributed by atoms with Crippen molar-refractivity contribution >= 4 is 16.7 Å². The molecule has 3 nitrogen and oxygen atoms in total. The number of rotatable bonds is 1. The molecular formula is C14H14N2O. The molecule has 2 aromatic rings. The molecule has 1 aliphatic carbocycles. The van der Waals surface area contributed by atoms with Gasteiger partial charge in [-0.15, -0.1) is 0 Å². The summed E-state index contributed by atoms with van der Waals surface area (Å²) < 4.78 is 5.87. The highest BCUT2D eigenvalue weighted by Gasteiger charge is 2.32. The quantitative estimate of drug-likeness (QED) is 0.811. The molecule has 1 N–H and O–H groups in total. The van der Waals surface area contributed by atoms with Gasteiger partial charge in [0.2, 0.25) is 0 Å². The fourth-order valence-electron chi connectivity index (χ4n) is 2.99. The van der Waals surface area contributed by atoms with Crippen molar-refractivity contribution in [2.24, 2.45) is 11.8 Å². The second kappa shape index (κ2) is 3.44. The summed E-state index contributed by atoms with van der Waals surface area (Å²) in [5.41, 5.74) is 3.21. The Morgan fingerprint density at radius 2 is 2.35 bits per heavy atom. The Morgan fingerprint density at radius 3 is 3.24 bits per heavy atom. The van der Waals surface area contributed by atoms with Gasteiger partial charge in [-0.05, 0) is 42.5 Å². The molecule has 0 bridgehead atoms. The lowest BCUT2D eigenvalue weighted by Crippen LogP contribution is -2.09. The van der Waals surface area contributed by atoms with E-state index in [1.165, 1.54) is 5.57 Å². The van der Waals surface area contributed by atoms with Crippen molar-refractivity contribution in [3.63, 3.8) is 0 Å². The zero-order valence-corrected chi connectivity index (χ0v) is 9.52. The summed E-state index contributed by atoms with van der Waals surface area (Å²) in [6, 6.07) is 5.96. The molecule has 1 aliphatic heterocycles. The first-order valence-electron chi connectivity index (χ1n) is 6.16. The minimum Gasteiger partial charge on any atom is -0.455 e. The van der Waals surface area contributed by atoms with Gasteiger partial charge in [-0.2, -0.15) is 0 Å². The predicted octanol–water partition coefficient (Wildman–Crippen LogP) is 2.45. The summed E-state index contributed by atoms with van der Waals surface area (Å²) in [4.78, 5) is 4.31. The molecule has 2 aromatic heterocycles. The number of aromatic nitrogens is 1. The van der Waals surface area contributed by atoms with Gasteiger partial charge in [-0.1, -0.05) is 6.08 Å². The molecule has 2 atom stereocenters. The van der Waals surface area contributed by atoms with Crippen LogP contribution >= 0.6 is 0 Å². The highest BCUT2D eigenvalue weighted by Crippen LogP contribution is 2.39. The van der Waals surface area contributed by atoms with Crippen LogP contribution in [-0.2, 0) is 0 Å². The van der Waals surface area contributed by atoms with Crippen LogP contribution in [0.2, 0.25) is 0 Å². The molecule has 3 heteroatoms. The van der Waals surface area contributed by atoms with Crippen molar-refractivity contribution in [3.8, 4) is 0 Å². The monoisotopic (exact) mass is 226 g/mol. The van der Waals surface area contributed by atoms with E-state index in [-0.39, 0.29) is 0 Å². The van der Waals surface area contributed by atoms with Crippen molar-refractivity contribution < 1.29 is 4.42 Å². The minimum absolute atomic E-state index is 0.700. The first kappa shape index (κ1) is 9.42. The summed E-state index contributed by atoms with van der Waals surface area (Å²) in [5, 5.41) is 3.44. The van der Waals surface area contributed by atoms with E-state index in [4.69, 9.17) is 4.42 Å². The Morgan fingerprint density at radius 1 is 1.35 bits per heavy atom. The Hall–Kier alpha value is -1.61. The second-order valence-electron chi connectivity index (χ2n) is 4.98. The second-order valence-corrected chi connectivity index (χ2v) is 4.98. The van der Waals surface area contributed by atoms with E-state index in [1.807, 2.05) is 18.3 Å². The van der Waals surface area contributed by atoms with Crippen molar-refractivity contribution in [3.05, 3.63) is 36.2 Å². The number of pyridine rings is 1. The first-order valence-corrected chi connectivity index (χ1v) is 6.16. The van der Waals surface area contributed by atoms with Crippen molar-refractivity contribution in [1.29, 1.82) is 0 Å². The summed E-state index contributed by atoms with van der Waals surface area (Å²) in [7, 11) is 0. The lowest BCUT2D eigenvalue weighted by atomic mass is 9.99. The molecule has 0 radical (unpaired) electrons. The Balaban J connectivity index is 1.75. The zero-order chi connectivity index (χ0) is 11.2. The third-order valence-electron chi connectivity index (χ3n) is 3.89. The van der Waals surface area contributed by atoms with Gasteiger partial charge in [0.15, 0.2) is 5.58 Å². The normalized spacial score (nSPS) is 27.4. The fraction of sp³-hybridized carbons (Fsp3) is 0.357. The molecule has 17 heavy (non-hydrogen) atoms. The number of hydrogen-bond donors (Lipinski definition) is 1. The van der Waals surface area contributed by atoms with Crippen LogP contribution < -0.4 is 5.32 Å². The molecule has 0 saturated carbocycles. The SMILES string of the molecule is C1=C(c2cc3ncccc3o2)C[C@H]2CNC[C@@H]12. The maximum atomic E-state index is 5.87. The van der Waals surface area contributed by atoms with Gasteiger partial charge in [0, 0.05) is 18.8 Å². The maximum absolute atomic E-state index is 5.87. The molecule has 86 valence electrons. The minimum atomic E-state index is 0.700. The third kappa shape index (κ3) is 1.42. The summed E-state index contributed by atoms with van der Waals surface area (Å²) in [6.07, 6.45) is 5.32. The van der Waals surface area contributed by atoms with Gasteiger partial charge in [-0.3, -0.25) is 4.98 Å². The van der Waals surface area contributed by atoms with Crippen LogP contribution in [-0.4, -0.2) is 18.1 Å². The van der Waals surface area contributed by atoms with Gasteiger partial charge in [0.1, 0.15) is 11.3 Å². The van der Waals surface area contributed by atoms with Gasteiger partial charge in [0.05, 0.1) is 0 Å². The van der Waals surface area contributed by atoms with E-state index in [0.29, 0.717) is 5.92 Å². The molecule has 1 fully saturated rings. The Bertz CT molecular complexity index is 566. The Labute approximate surface area is 99.5 Å². The summed E-state index contributed by atoms with van der Waals surface area (Å²) in [5.74, 6) is 2.48. The van der Waals surface area contributed by atoms with E-state index < -0.39 is 0 Å². The molecule has 1 saturated heterocycles. The zero-order valence-electron chi connectivity index (χ0n) is 9.52. The average Bonchev–Trinajstić information content (AvgIpc) is 3.01. The van der Waals surface area contributed by atoms with E-state index in [0.717, 1.165) is 42.3 Å². The van der Waals surface area contributed by atoms with Crippen molar-refractivity contribution in [2.45, 2.75) is 6.42 Å². The van der Waals surface area contributed by atoms with E-state index in [2.05, 4.69) is 22.4 Å². The fourth-order valence-corrected chi connectivity index (χ4v) is 2.99. The van der Waals surface area contributed by atoms with Crippen molar-refractivity contribution in [2.75, 3.05) is 13.1 Å². The molecular weight excluding hydrogens is 212 g/mol. The lowest BCUT2D eigenvalue weighted by molar-refractivity contribution is 0.531. The first-order chi connectivity index (χ1) is 8.40. The van der Waals surface area contributed by atoms with Crippen LogP contribution in [0.1, 0.15) is 12.2 Å². The average molecular weight is 226 g/mol. The molecule has 3 heterocycles. The van der Waals surface area contributed by atoms with E-state index in [1.54, 1.807) is 0 Å². The van der Waals surface area contributed by atoms with Crippen molar-refractivity contribution in [1.82, 2.24) is 10.3 Å². The van der Waals surface area contributed by atoms with Crippen LogP contribution in [0.5, 0.6) is 0 Å². The highest BCUT2D eigenvalue weighted by atomic mass is 16.3. The van der Waals surface area contributed by atoms with Crippen LogP contribution in [0.3, 0.4) is 0 Å². The van der Waals surface area contributed by atoms with Gasteiger partial charge in [-0.25, -0.2) is 0 Å². The molecule has 4 rings (SSSR count). The lowest BCUT2D eigenvalue weighted by Gasteiger charge is -2.04. The number of fused-ring (bicyclic) bond motifs is 2. The van der Waals surface area contributed by atoms with E-state index >= 15 is 0 Å². The topological polar surface area (TPSA) is 38.1 Å². The molecule has 0 aromatic carbocycles. The largest absolute Gasteiger partial charge is 0.455 e. The number of hydrogen-bond acceptors (Lipinski definition) is 3. The molecule has 0 amide bonds. The molecule has 2 aliphatic rings. The predicted molar refractivity (Wildman–Crippen MR) is 66.5 cm³/mol. The van der Waals surface area contributed by atoms with Gasteiger partial charge in [0.25, 0.3) is 0 Å². The number of nitrogens with zero attached hydrogens (tertiary/aromatic N) is 1. The standard InChI is InChI=1S/C14H14N2O/c1-2-13-12(16-3-1)6-14(17-13)9-4-10-7-15-8-11(10)5-9/h1-4,6,10-11,15H,5,7-8H2/t10-,11+/m1/s1. The number of nitrogens with one attached hydrogen (secondary N) is 1. The third-order valence-corrected chi connectivity index (χ3v) is 3.89. The number of allylic oxidation sites excluding steroid dienone is 1. The summed E-state index contributed by atoms with van der Waals surface area (Å²) >= 11 is 0. The smallest absolute Gasteiger partial charge is 0.153 e. The van der Waals surface area contributed by atoms with E-state index in [9.17, 15) is 0 Å². The van der Waals surface area contributed by atoms with Gasteiger partial charge < -0.3 is 9.73 Å². The number of furan rings is 1. The molecule has 0 unspecified atom stereocenters. The Kier molecular flexibility index (Phi) is 1.91. The van der Waals surface area contributed by atoms with Crippen LogP contribution in [0.15, 0.2) is 34.9 Å². The maximum Gasteiger partial charge on any atom is 0.153 e. The highest BCUT2D eigenvalue weighted by molar-refractivity contribution is 5.78. The van der Waals surface area contributed by atoms with Gasteiger partial charge >= 0.3 is 0 Å². The molecule has 0 spiro atoms. The van der Waals surface area contributed by atoms with Crippen LogP contribution in [0, 0.1) is 11.8 Å².